The van der Waals surface area contributed by atoms with Crippen LogP contribution in [0.25, 0.3) is 0 Å². The molecule has 0 atom stereocenters. The molecule has 0 bridgehead atoms. The van der Waals surface area contributed by atoms with E-state index in [0.717, 1.165) is 37.4 Å². The Morgan fingerprint density at radius 1 is 1.31 bits per heavy atom. The molecule has 0 aromatic heterocycles. The van der Waals surface area contributed by atoms with Crippen LogP contribution in [0.1, 0.15) is 26.7 Å². The molecule has 1 saturated heterocycles. The molecule has 1 rings (SSSR count). The van der Waals surface area contributed by atoms with Gasteiger partial charge in [-0.2, -0.15) is 17.0 Å². The molecular formula is C10H18N2S. The van der Waals surface area contributed by atoms with E-state index >= 15 is 0 Å². The summed E-state index contributed by atoms with van der Waals surface area (Å²) in [6.45, 7) is 6.28. The molecule has 13 heavy (non-hydrogen) atoms. The van der Waals surface area contributed by atoms with Crippen molar-refractivity contribution < 1.29 is 0 Å². The Balaban J connectivity index is 2.72. The number of hydrogen-bond donors (Lipinski definition) is 0. The number of thioether (sulfide) groups is 1. The fourth-order valence-corrected chi connectivity index (χ4v) is 3.20. The molecule has 0 aromatic carbocycles. The summed E-state index contributed by atoms with van der Waals surface area (Å²) in [7, 11) is 0. The molecule has 74 valence electrons. The summed E-state index contributed by atoms with van der Waals surface area (Å²) >= 11 is 1.97. The summed E-state index contributed by atoms with van der Waals surface area (Å²) in [6, 6.07) is 2.53. The van der Waals surface area contributed by atoms with Crippen molar-refractivity contribution >= 4 is 11.8 Å². The van der Waals surface area contributed by atoms with Gasteiger partial charge < -0.3 is 0 Å². The van der Waals surface area contributed by atoms with Crippen LogP contribution in [0, 0.1) is 11.3 Å². The zero-order valence-corrected chi connectivity index (χ0v) is 9.36. The van der Waals surface area contributed by atoms with Gasteiger partial charge in [-0.05, 0) is 37.4 Å². The Morgan fingerprint density at radius 3 is 2.23 bits per heavy atom. The zero-order chi connectivity index (χ0) is 9.73. The van der Waals surface area contributed by atoms with Gasteiger partial charge in [0.2, 0.25) is 0 Å². The van der Waals surface area contributed by atoms with Crippen LogP contribution in [0.2, 0.25) is 0 Å². The van der Waals surface area contributed by atoms with E-state index < -0.39 is 0 Å². The Hall–Kier alpha value is -0.200. The van der Waals surface area contributed by atoms with Crippen LogP contribution in [-0.4, -0.2) is 35.0 Å². The van der Waals surface area contributed by atoms with E-state index in [-0.39, 0.29) is 5.54 Å². The largest absolute Gasteiger partial charge is 0.286 e. The molecule has 1 heterocycles. The molecule has 2 nitrogen and oxygen atoms in total. The summed E-state index contributed by atoms with van der Waals surface area (Å²) in [4.78, 5) is 2.31. The highest BCUT2D eigenvalue weighted by Crippen LogP contribution is 2.31. The predicted molar refractivity (Wildman–Crippen MR) is 57.8 cm³/mol. The van der Waals surface area contributed by atoms with Gasteiger partial charge in [-0.3, -0.25) is 4.90 Å². The van der Waals surface area contributed by atoms with Gasteiger partial charge in [0.25, 0.3) is 0 Å². The summed E-state index contributed by atoms with van der Waals surface area (Å²) < 4.78 is 0. The van der Waals surface area contributed by atoms with Crippen molar-refractivity contribution in [3.05, 3.63) is 0 Å². The molecule has 0 radical (unpaired) electrons. The smallest absolute Gasteiger partial charge is 0.110 e. The molecule has 1 aliphatic rings. The number of nitrogens with zero attached hydrogens (tertiary/aromatic N) is 2. The van der Waals surface area contributed by atoms with Gasteiger partial charge >= 0.3 is 0 Å². The summed E-state index contributed by atoms with van der Waals surface area (Å²) in [5.41, 5.74) is -0.144. The summed E-state index contributed by atoms with van der Waals surface area (Å²) in [6.07, 6.45) is 2.08. The maximum absolute atomic E-state index is 9.27. The molecule has 0 amide bonds. The van der Waals surface area contributed by atoms with Gasteiger partial charge in [0.05, 0.1) is 6.07 Å². The monoisotopic (exact) mass is 198 g/mol. The van der Waals surface area contributed by atoms with Gasteiger partial charge in [0.15, 0.2) is 0 Å². The standard InChI is InChI=1S/C10H18N2S/c1-3-12(4-2)10(9-11)5-7-13-8-6-10/h3-8H2,1-2H3. The highest BCUT2D eigenvalue weighted by atomic mass is 32.2. The Bertz CT molecular complexity index is 188. The van der Waals surface area contributed by atoms with Gasteiger partial charge in [0, 0.05) is 0 Å². The van der Waals surface area contributed by atoms with Crippen LogP contribution in [-0.2, 0) is 0 Å². The van der Waals surface area contributed by atoms with E-state index in [1.165, 1.54) is 0 Å². The summed E-state index contributed by atoms with van der Waals surface area (Å²) in [5, 5.41) is 9.27. The Labute approximate surface area is 85.3 Å². The third-order valence-corrected chi connectivity index (χ3v) is 3.88. The second-order valence-electron chi connectivity index (χ2n) is 3.43. The first-order valence-corrected chi connectivity index (χ1v) is 6.18. The minimum absolute atomic E-state index is 0.144. The van der Waals surface area contributed by atoms with E-state index in [9.17, 15) is 5.26 Å². The highest BCUT2D eigenvalue weighted by Gasteiger charge is 2.36. The number of nitriles is 1. The second-order valence-corrected chi connectivity index (χ2v) is 4.65. The maximum atomic E-state index is 9.27. The molecule has 0 spiro atoms. The third-order valence-electron chi connectivity index (χ3n) is 2.90. The molecular weight excluding hydrogens is 180 g/mol. The fraction of sp³-hybridized carbons (Fsp3) is 0.900. The van der Waals surface area contributed by atoms with Crippen LogP contribution < -0.4 is 0 Å². The van der Waals surface area contributed by atoms with Crippen LogP contribution in [0.15, 0.2) is 0 Å². The minimum atomic E-state index is -0.144. The van der Waals surface area contributed by atoms with E-state index in [1.54, 1.807) is 0 Å². The fourth-order valence-electron chi connectivity index (χ4n) is 2.04. The van der Waals surface area contributed by atoms with Crippen molar-refractivity contribution in [3.63, 3.8) is 0 Å². The molecule has 0 saturated carbocycles. The van der Waals surface area contributed by atoms with E-state index in [4.69, 9.17) is 0 Å². The average Bonchev–Trinajstić information content (AvgIpc) is 2.21. The van der Waals surface area contributed by atoms with E-state index in [1.807, 2.05) is 11.8 Å². The number of rotatable bonds is 3. The second kappa shape index (κ2) is 4.88. The third kappa shape index (κ3) is 2.18. The van der Waals surface area contributed by atoms with E-state index in [0.29, 0.717) is 0 Å². The Kier molecular flexibility index (Phi) is 4.08. The van der Waals surface area contributed by atoms with Gasteiger partial charge in [-0.1, -0.05) is 13.8 Å². The number of hydrogen-bond acceptors (Lipinski definition) is 3. The lowest BCUT2D eigenvalue weighted by Gasteiger charge is -2.40. The van der Waals surface area contributed by atoms with Crippen LogP contribution in [0.4, 0.5) is 0 Å². The van der Waals surface area contributed by atoms with Crippen LogP contribution in [0.3, 0.4) is 0 Å². The van der Waals surface area contributed by atoms with Crippen molar-refractivity contribution in [2.75, 3.05) is 24.6 Å². The topological polar surface area (TPSA) is 27.0 Å². The quantitative estimate of drug-likeness (QED) is 0.695. The molecule has 0 unspecified atom stereocenters. The van der Waals surface area contributed by atoms with Crippen LogP contribution in [0.5, 0.6) is 0 Å². The first kappa shape index (κ1) is 10.9. The molecule has 1 aliphatic heterocycles. The molecule has 3 heteroatoms. The minimum Gasteiger partial charge on any atom is -0.286 e. The molecule has 0 aromatic rings. The van der Waals surface area contributed by atoms with Crippen molar-refractivity contribution in [1.82, 2.24) is 4.90 Å². The molecule has 0 aliphatic carbocycles. The lowest BCUT2D eigenvalue weighted by Crippen LogP contribution is -2.49. The lowest BCUT2D eigenvalue weighted by molar-refractivity contribution is 0.142. The normalized spacial score (nSPS) is 21.4. The van der Waals surface area contributed by atoms with E-state index in [2.05, 4.69) is 24.8 Å². The Morgan fingerprint density at radius 2 is 1.85 bits per heavy atom. The first-order valence-electron chi connectivity index (χ1n) is 5.03. The van der Waals surface area contributed by atoms with Crippen LogP contribution >= 0.6 is 11.8 Å². The van der Waals surface area contributed by atoms with Crippen molar-refractivity contribution in [3.8, 4) is 6.07 Å². The predicted octanol–water partition coefficient (Wildman–Crippen LogP) is 2.12. The first-order chi connectivity index (χ1) is 6.29. The van der Waals surface area contributed by atoms with Crippen molar-refractivity contribution in [2.24, 2.45) is 0 Å². The van der Waals surface area contributed by atoms with Crippen molar-refractivity contribution in [1.29, 1.82) is 5.26 Å². The average molecular weight is 198 g/mol. The lowest BCUT2D eigenvalue weighted by atomic mass is 9.92. The highest BCUT2D eigenvalue weighted by molar-refractivity contribution is 7.99. The van der Waals surface area contributed by atoms with Gasteiger partial charge in [0.1, 0.15) is 5.54 Å². The summed E-state index contributed by atoms with van der Waals surface area (Å²) in [5.74, 6) is 2.29. The molecule has 0 N–H and O–H groups in total. The zero-order valence-electron chi connectivity index (χ0n) is 8.55. The SMILES string of the molecule is CCN(CC)C1(C#N)CCSCC1. The van der Waals surface area contributed by atoms with Gasteiger partial charge in [-0.25, -0.2) is 0 Å². The van der Waals surface area contributed by atoms with Crippen molar-refractivity contribution in [2.45, 2.75) is 32.2 Å². The van der Waals surface area contributed by atoms with Gasteiger partial charge in [-0.15, -0.1) is 0 Å². The molecule has 1 fully saturated rings. The maximum Gasteiger partial charge on any atom is 0.110 e.